The molecule has 0 aliphatic heterocycles. The average Bonchev–Trinajstić information content (AvgIpc) is 2.02. The van der Waals surface area contributed by atoms with Gasteiger partial charge in [0.1, 0.15) is 0 Å². The third-order valence-electron chi connectivity index (χ3n) is 1.84. The first-order valence-corrected chi connectivity index (χ1v) is 5.95. The highest BCUT2D eigenvalue weighted by Gasteiger charge is 2.22. The molecule has 0 bridgehead atoms. The monoisotopic (exact) mass is 233 g/mol. The van der Waals surface area contributed by atoms with Gasteiger partial charge in [-0.3, -0.25) is 0 Å². The van der Waals surface area contributed by atoms with Gasteiger partial charge in [-0.1, -0.05) is 6.08 Å². The van der Waals surface area contributed by atoms with Gasteiger partial charge in [-0.25, -0.2) is 0 Å². The predicted molar refractivity (Wildman–Crippen MR) is 67.1 cm³/mol. The maximum Gasteiger partial charge on any atom is 0.0960 e. The Morgan fingerprint density at radius 1 is 1.33 bits per heavy atom. The lowest BCUT2D eigenvalue weighted by Gasteiger charge is -2.23. The van der Waals surface area contributed by atoms with Gasteiger partial charge in [0.25, 0.3) is 0 Å². The Kier molecular flexibility index (Phi) is 3.83. The van der Waals surface area contributed by atoms with Crippen LogP contribution in [-0.4, -0.2) is 11.3 Å². The summed E-state index contributed by atoms with van der Waals surface area (Å²) in [4.78, 5) is 0. The highest BCUT2D eigenvalue weighted by molar-refractivity contribution is 7.31. The van der Waals surface area contributed by atoms with E-state index in [2.05, 4.69) is 49.1 Å². The van der Waals surface area contributed by atoms with Crippen LogP contribution in [0.5, 0.6) is 0 Å². The van der Waals surface area contributed by atoms with Gasteiger partial charge in [0.2, 0.25) is 0 Å². The van der Waals surface area contributed by atoms with Crippen LogP contribution in [0, 0.1) is 11.3 Å². The molecule has 0 aromatic carbocycles. The van der Waals surface area contributed by atoms with Crippen LogP contribution >= 0.6 is 37.0 Å². The maximum atomic E-state index is 8.89. The molecule has 6 unspecified atom stereocenters. The number of nitriles is 1. The SMILES string of the molecule is N#CC1=C(P)C(P)=CC(P)C1P. The molecule has 64 valence electrons. The van der Waals surface area contributed by atoms with Crippen molar-refractivity contribution in [1.82, 2.24) is 0 Å². The summed E-state index contributed by atoms with van der Waals surface area (Å²) in [5.41, 5.74) is 1.43. The number of allylic oxidation sites excluding steroid dienone is 4. The van der Waals surface area contributed by atoms with Crippen molar-refractivity contribution in [2.45, 2.75) is 11.3 Å². The fourth-order valence-corrected chi connectivity index (χ4v) is 2.97. The van der Waals surface area contributed by atoms with Crippen molar-refractivity contribution in [2.24, 2.45) is 0 Å². The molecule has 1 rings (SSSR count). The second-order valence-corrected chi connectivity index (χ2v) is 5.35. The van der Waals surface area contributed by atoms with Gasteiger partial charge in [0, 0.05) is 16.9 Å². The van der Waals surface area contributed by atoms with Crippen LogP contribution in [0.25, 0.3) is 0 Å². The highest BCUT2D eigenvalue weighted by atomic mass is 31.0. The van der Waals surface area contributed by atoms with Gasteiger partial charge in [-0.15, -0.1) is 37.0 Å². The molecule has 0 aromatic rings. The fourth-order valence-electron chi connectivity index (χ4n) is 1.06. The minimum atomic E-state index is 0.233. The van der Waals surface area contributed by atoms with E-state index in [1.54, 1.807) is 0 Å². The zero-order chi connectivity index (χ0) is 9.30. The second kappa shape index (κ2) is 4.27. The first-order chi connectivity index (χ1) is 5.57. The molecule has 0 radical (unpaired) electrons. The van der Waals surface area contributed by atoms with E-state index < -0.39 is 0 Å². The molecule has 5 heteroatoms. The summed E-state index contributed by atoms with van der Waals surface area (Å²) in [5, 5.41) is 11.0. The van der Waals surface area contributed by atoms with Crippen LogP contribution in [0.4, 0.5) is 0 Å². The molecular formula is C7H11NP4. The smallest absolute Gasteiger partial charge is 0.0960 e. The molecule has 1 aliphatic carbocycles. The lowest BCUT2D eigenvalue weighted by molar-refractivity contribution is 1.03. The van der Waals surface area contributed by atoms with E-state index in [9.17, 15) is 0 Å². The van der Waals surface area contributed by atoms with Gasteiger partial charge < -0.3 is 0 Å². The molecule has 0 heterocycles. The normalized spacial score (nSPS) is 29.8. The first-order valence-electron chi connectivity index (χ1n) is 3.46. The third-order valence-corrected chi connectivity index (χ3v) is 5.15. The summed E-state index contributed by atoms with van der Waals surface area (Å²) in [7, 11) is 10.7. The predicted octanol–water partition coefficient (Wildman–Crippen LogP) is 1.90. The topological polar surface area (TPSA) is 23.8 Å². The summed E-state index contributed by atoms with van der Waals surface area (Å²) in [6, 6.07) is 2.23. The lowest BCUT2D eigenvalue weighted by atomic mass is 10.0. The van der Waals surface area contributed by atoms with E-state index in [1.165, 1.54) is 0 Å². The first kappa shape index (κ1) is 10.8. The minimum absolute atomic E-state index is 0.233. The van der Waals surface area contributed by atoms with E-state index in [-0.39, 0.29) is 5.66 Å². The van der Waals surface area contributed by atoms with Gasteiger partial charge in [0.05, 0.1) is 6.07 Å². The quantitative estimate of drug-likeness (QED) is 0.586. The molecule has 0 N–H and O–H groups in total. The second-order valence-electron chi connectivity index (χ2n) is 2.66. The Labute approximate surface area is 82.3 Å². The van der Waals surface area contributed by atoms with E-state index >= 15 is 0 Å². The molecule has 6 atom stereocenters. The Balaban J connectivity index is 3.14. The van der Waals surface area contributed by atoms with E-state index in [4.69, 9.17) is 5.26 Å². The van der Waals surface area contributed by atoms with Crippen LogP contribution < -0.4 is 0 Å². The van der Waals surface area contributed by atoms with Crippen molar-refractivity contribution >= 4 is 37.0 Å². The molecular weight excluding hydrogens is 222 g/mol. The summed E-state index contributed by atoms with van der Waals surface area (Å²) in [6.07, 6.45) is 2.14. The zero-order valence-electron chi connectivity index (χ0n) is 6.49. The number of rotatable bonds is 0. The van der Waals surface area contributed by atoms with Crippen LogP contribution in [-0.2, 0) is 0 Å². The zero-order valence-corrected chi connectivity index (χ0v) is 11.1. The third kappa shape index (κ3) is 1.95. The Morgan fingerprint density at radius 2 is 1.92 bits per heavy atom. The molecule has 1 aliphatic rings. The van der Waals surface area contributed by atoms with E-state index in [0.29, 0.717) is 5.66 Å². The lowest BCUT2D eigenvalue weighted by Crippen LogP contribution is -2.18. The summed E-state index contributed by atoms with van der Waals surface area (Å²) in [6.45, 7) is 0. The van der Waals surface area contributed by atoms with Crippen molar-refractivity contribution in [2.75, 3.05) is 0 Å². The molecule has 1 nitrogen and oxygen atoms in total. The largest absolute Gasteiger partial charge is 0.193 e. The Hall–Kier alpha value is 0.690. The Bertz CT molecular complexity index is 299. The summed E-state index contributed by atoms with van der Waals surface area (Å²) >= 11 is 0. The molecule has 0 saturated heterocycles. The van der Waals surface area contributed by atoms with Gasteiger partial charge in [-0.05, 0) is 10.6 Å². The van der Waals surface area contributed by atoms with Crippen LogP contribution in [0.3, 0.4) is 0 Å². The van der Waals surface area contributed by atoms with Gasteiger partial charge in [0.15, 0.2) is 0 Å². The summed E-state index contributed by atoms with van der Waals surface area (Å²) < 4.78 is 0. The van der Waals surface area contributed by atoms with Crippen molar-refractivity contribution in [1.29, 1.82) is 5.26 Å². The molecule has 0 saturated carbocycles. The average molecular weight is 233 g/mol. The molecule has 0 amide bonds. The molecule has 0 fully saturated rings. The van der Waals surface area contributed by atoms with Crippen LogP contribution in [0.15, 0.2) is 22.3 Å². The van der Waals surface area contributed by atoms with Gasteiger partial charge >= 0.3 is 0 Å². The Morgan fingerprint density at radius 3 is 2.42 bits per heavy atom. The molecule has 12 heavy (non-hydrogen) atoms. The van der Waals surface area contributed by atoms with Gasteiger partial charge in [-0.2, -0.15) is 5.26 Å². The standard InChI is InChI=1S/C7H11NP4/c8-2-3-6(11)4(9)1-5(10)7(3)12/h1,4,6H,9-12H2. The van der Waals surface area contributed by atoms with Crippen LogP contribution in [0.1, 0.15) is 0 Å². The van der Waals surface area contributed by atoms with Crippen molar-refractivity contribution < 1.29 is 0 Å². The number of nitrogens with zero attached hydrogens (tertiary/aromatic N) is 1. The van der Waals surface area contributed by atoms with Crippen molar-refractivity contribution in [3.63, 3.8) is 0 Å². The molecule has 0 aromatic heterocycles. The highest BCUT2D eigenvalue weighted by Crippen LogP contribution is 2.39. The number of hydrogen-bond donors (Lipinski definition) is 0. The van der Waals surface area contributed by atoms with Crippen molar-refractivity contribution in [3.05, 3.63) is 22.3 Å². The van der Waals surface area contributed by atoms with E-state index in [0.717, 1.165) is 16.2 Å². The van der Waals surface area contributed by atoms with Crippen LogP contribution in [0.2, 0.25) is 0 Å². The summed E-state index contributed by atoms with van der Waals surface area (Å²) in [5.74, 6) is 0. The fraction of sp³-hybridized carbons (Fsp3) is 0.286. The van der Waals surface area contributed by atoms with Crippen molar-refractivity contribution in [3.8, 4) is 6.07 Å². The maximum absolute atomic E-state index is 8.89. The number of hydrogen-bond acceptors (Lipinski definition) is 1. The van der Waals surface area contributed by atoms with E-state index in [1.807, 2.05) is 0 Å². The minimum Gasteiger partial charge on any atom is -0.193 e. The molecule has 0 spiro atoms.